The number of fused-ring (bicyclic) bond motifs is 1. The van der Waals surface area contributed by atoms with E-state index in [2.05, 4.69) is 62.8 Å². The summed E-state index contributed by atoms with van der Waals surface area (Å²) in [5, 5.41) is 12.7. The van der Waals surface area contributed by atoms with Gasteiger partial charge in [0, 0.05) is 42.3 Å². The van der Waals surface area contributed by atoms with Crippen LogP contribution >= 0.6 is 0 Å². The first-order valence-corrected chi connectivity index (χ1v) is 8.45. The lowest BCUT2D eigenvalue weighted by Crippen LogP contribution is -2.40. The fourth-order valence-electron chi connectivity index (χ4n) is 3.62. The summed E-state index contributed by atoms with van der Waals surface area (Å²) in [6.45, 7) is 4.42. The number of nitrogens with zero attached hydrogens (tertiary/aromatic N) is 4. The third kappa shape index (κ3) is 2.82. The fourth-order valence-corrected chi connectivity index (χ4v) is 3.62. The molecule has 1 unspecified atom stereocenters. The molecule has 126 valence electrons. The Balaban J connectivity index is 1.40. The normalized spacial score (nSPS) is 18.0. The number of nitrogens with one attached hydrogen (secondary N) is 2. The minimum Gasteiger partial charge on any atom is -0.364 e. The Morgan fingerprint density at radius 3 is 2.83 bits per heavy atom. The zero-order valence-electron chi connectivity index (χ0n) is 13.8. The molecule has 0 amide bonds. The minimum atomic E-state index is 0.409. The maximum atomic E-state index is 5.49. The molecule has 24 heavy (non-hydrogen) atoms. The molecule has 0 bridgehead atoms. The molecule has 7 heteroatoms. The highest BCUT2D eigenvalue weighted by atomic mass is 15.6. The average molecular weight is 325 g/mol. The Kier molecular flexibility index (Phi) is 3.86. The SMILES string of the molecule is CC(c1c[nH]c2ccccc12)N1CCC(Nc2cnn(N)n2)CC1. The predicted molar refractivity (Wildman–Crippen MR) is 95.1 cm³/mol. The topological polar surface area (TPSA) is 87.8 Å². The fraction of sp³-hybridized carbons (Fsp3) is 0.412. The van der Waals surface area contributed by atoms with Gasteiger partial charge in [-0.3, -0.25) is 4.90 Å². The van der Waals surface area contributed by atoms with Crippen molar-refractivity contribution in [2.75, 3.05) is 24.2 Å². The van der Waals surface area contributed by atoms with Crippen molar-refractivity contribution in [1.82, 2.24) is 25.0 Å². The van der Waals surface area contributed by atoms with Crippen molar-refractivity contribution in [3.63, 3.8) is 0 Å². The van der Waals surface area contributed by atoms with Gasteiger partial charge in [0.1, 0.15) is 0 Å². The molecular weight excluding hydrogens is 302 g/mol. The van der Waals surface area contributed by atoms with Crippen molar-refractivity contribution in [3.05, 3.63) is 42.2 Å². The van der Waals surface area contributed by atoms with Crippen molar-refractivity contribution >= 4 is 16.7 Å². The van der Waals surface area contributed by atoms with E-state index in [0.29, 0.717) is 12.1 Å². The number of H-pyrrole nitrogens is 1. The van der Waals surface area contributed by atoms with E-state index in [1.807, 2.05) is 0 Å². The molecule has 1 aromatic carbocycles. The molecule has 1 saturated heterocycles. The number of benzene rings is 1. The van der Waals surface area contributed by atoms with Crippen molar-refractivity contribution < 1.29 is 0 Å². The van der Waals surface area contributed by atoms with Gasteiger partial charge in [-0.1, -0.05) is 23.1 Å². The molecule has 4 N–H and O–H groups in total. The van der Waals surface area contributed by atoms with Gasteiger partial charge in [-0.15, -0.1) is 10.2 Å². The lowest BCUT2D eigenvalue weighted by atomic mass is 10.00. The van der Waals surface area contributed by atoms with Crippen LogP contribution in [0.4, 0.5) is 5.82 Å². The summed E-state index contributed by atoms with van der Waals surface area (Å²) in [5.74, 6) is 6.24. The van der Waals surface area contributed by atoms with Crippen LogP contribution in [-0.4, -0.2) is 44.1 Å². The number of piperidine rings is 1. The summed E-state index contributed by atoms with van der Waals surface area (Å²) >= 11 is 0. The molecular formula is C17H23N7. The average Bonchev–Trinajstić information content (AvgIpc) is 3.21. The molecule has 7 nitrogen and oxygen atoms in total. The van der Waals surface area contributed by atoms with Gasteiger partial charge in [0.25, 0.3) is 0 Å². The first-order valence-electron chi connectivity index (χ1n) is 8.45. The predicted octanol–water partition coefficient (Wildman–Crippen LogP) is 2.11. The third-order valence-electron chi connectivity index (χ3n) is 5.01. The highest BCUT2D eigenvalue weighted by Crippen LogP contribution is 2.30. The molecule has 3 heterocycles. The molecule has 1 aliphatic heterocycles. The number of aromatic amines is 1. The van der Waals surface area contributed by atoms with Crippen molar-refractivity contribution in [1.29, 1.82) is 0 Å². The molecule has 0 radical (unpaired) electrons. The van der Waals surface area contributed by atoms with Crippen LogP contribution in [-0.2, 0) is 0 Å². The van der Waals surface area contributed by atoms with Gasteiger partial charge in [-0.2, -0.15) is 0 Å². The number of nitrogens with two attached hydrogens (primary N) is 1. The van der Waals surface area contributed by atoms with Crippen LogP contribution in [0.2, 0.25) is 0 Å². The summed E-state index contributed by atoms with van der Waals surface area (Å²) in [6, 6.07) is 9.34. The van der Waals surface area contributed by atoms with Crippen LogP contribution in [0, 0.1) is 0 Å². The Labute approximate surface area is 140 Å². The second-order valence-electron chi connectivity index (χ2n) is 6.47. The molecule has 2 aromatic heterocycles. The Morgan fingerprint density at radius 2 is 2.08 bits per heavy atom. The molecule has 1 aliphatic rings. The van der Waals surface area contributed by atoms with E-state index in [1.54, 1.807) is 6.20 Å². The summed E-state index contributed by atoms with van der Waals surface area (Å²) in [7, 11) is 0. The first kappa shape index (κ1) is 15.0. The van der Waals surface area contributed by atoms with Gasteiger partial charge in [0.2, 0.25) is 0 Å². The van der Waals surface area contributed by atoms with E-state index in [4.69, 9.17) is 5.84 Å². The van der Waals surface area contributed by atoms with E-state index in [1.165, 1.54) is 16.5 Å². The number of rotatable bonds is 4. The zero-order valence-corrected chi connectivity index (χ0v) is 13.8. The zero-order chi connectivity index (χ0) is 16.5. The van der Waals surface area contributed by atoms with E-state index >= 15 is 0 Å². The van der Waals surface area contributed by atoms with E-state index in [-0.39, 0.29) is 0 Å². The summed E-state index contributed by atoms with van der Waals surface area (Å²) < 4.78 is 0. The van der Waals surface area contributed by atoms with Gasteiger partial charge in [-0.05, 0) is 31.4 Å². The Morgan fingerprint density at radius 1 is 1.29 bits per heavy atom. The molecule has 1 fully saturated rings. The summed E-state index contributed by atoms with van der Waals surface area (Å²) in [4.78, 5) is 7.03. The maximum absolute atomic E-state index is 5.49. The second-order valence-corrected chi connectivity index (χ2v) is 6.47. The van der Waals surface area contributed by atoms with Crippen LogP contribution in [0.15, 0.2) is 36.7 Å². The molecule has 4 rings (SSSR count). The second kappa shape index (κ2) is 6.16. The van der Waals surface area contributed by atoms with Crippen molar-refractivity contribution in [2.24, 2.45) is 0 Å². The lowest BCUT2D eigenvalue weighted by molar-refractivity contribution is 0.168. The molecule has 1 atom stereocenters. The smallest absolute Gasteiger partial charge is 0.170 e. The van der Waals surface area contributed by atoms with Crippen molar-refractivity contribution in [2.45, 2.75) is 31.8 Å². The Hall–Kier alpha value is -2.54. The van der Waals surface area contributed by atoms with E-state index in [0.717, 1.165) is 36.7 Å². The lowest BCUT2D eigenvalue weighted by Gasteiger charge is -2.36. The van der Waals surface area contributed by atoms with E-state index < -0.39 is 0 Å². The number of anilines is 1. The molecule has 3 aromatic rings. The van der Waals surface area contributed by atoms with Gasteiger partial charge in [0.15, 0.2) is 5.82 Å². The third-order valence-corrected chi connectivity index (χ3v) is 5.01. The number of hydrogen-bond donors (Lipinski definition) is 3. The number of aromatic nitrogens is 4. The van der Waals surface area contributed by atoms with Gasteiger partial charge >= 0.3 is 0 Å². The highest BCUT2D eigenvalue weighted by Gasteiger charge is 2.25. The van der Waals surface area contributed by atoms with Crippen LogP contribution in [0.3, 0.4) is 0 Å². The van der Waals surface area contributed by atoms with Crippen LogP contribution < -0.4 is 11.2 Å². The highest BCUT2D eigenvalue weighted by molar-refractivity contribution is 5.83. The van der Waals surface area contributed by atoms with Gasteiger partial charge in [-0.25, -0.2) is 0 Å². The maximum Gasteiger partial charge on any atom is 0.170 e. The van der Waals surface area contributed by atoms with Gasteiger partial charge < -0.3 is 16.1 Å². The Bertz CT molecular complexity index is 813. The number of hydrogen-bond acceptors (Lipinski definition) is 5. The quantitative estimate of drug-likeness (QED) is 0.640. The molecule has 0 saturated carbocycles. The minimum absolute atomic E-state index is 0.409. The number of nitrogen functional groups attached to an aromatic ring is 1. The monoisotopic (exact) mass is 325 g/mol. The number of para-hydroxylation sites is 1. The molecule has 0 spiro atoms. The standard InChI is InChI=1S/C17H23N7/c1-12(15-10-19-16-5-3-2-4-14(15)16)23-8-6-13(7-9-23)21-17-11-20-24(18)22-17/h2-5,10-13,19H,6-9,18H2,1H3,(H,21,22). The molecule has 0 aliphatic carbocycles. The van der Waals surface area contributed by atoms with Gasteiger partial charge in [0.05, 0.1) is 6.20 Å². The summed E-state index contributed by atoms with van der Waals surface area (Å²) in [5.41, 5.74) is 2.59. The first-order chi connectivity index (χ1) is 11.7. The van der Waals surface area contributed by atoms with Crippen LogP contribution in [0.1, 0.15) is 31.4 Å². The number of likely N-dealkylation sites (tertiary alicyclic amines) is 1. The van der Waals surface area contributed by atoms with Crippen LogP contribution in [0.25, 0.3) is 10.9 Å². The van der Waals surface area contributed by atoms with Crippen molar-refractivity contribution in [3.8, 4) is 0 Å². The van der Waals surface area contributed by atoms with Crippen LogP contribution in [0.5, 0.6) is 0 Å². The summed E-state index contributed by atoms with van der Waals surface area (Å²) in [6.07, 6.45) is 5.99. The largest absolute Gasteiger partial charge is 0.364 e. The van der Waals surface area contributed by atoms with E-state index in [9.17, 15) is 0 Å².